The van der Waals surface area contributed by atoms with Crippen LogP contribution in [0.15, 0.2) is 0 Å². The van der Waals surface area contributed by atoms with Gasteiger partial charge in [-0.3, -0.25) is 0 Å². The van der Waals surface area contributed by atoms with Crippen LogP contribution in [0.3, 0.4) is 0 Å². The summed E-state index contributed by atoms with van der Waals surface area (Å²) in [5.74, 6) is 1.11. The van der Waals surface area contributed by atoms with Crippen molar-refractivity contribution in [2.45, 2.75) is 52.4 Å². The number of rotatable bonds is 5. The van der Waals surface area contributed by atoms with Crippen molar-refractivity contribution in [1.82, 2.24) is 4.90 Å². The van der Waals surface area contributed by atoms with E-state index < -0.39 is 0 Å². The molecule has 0 unspecified atom stereocenters. The molecule has 0 spiro atoms. The third-order valence-corrected chi connectivity index (χ3v) is 2.69. The highest BCUT2D eigenvalue weighted by atomic mass is 15.0. The molecule has 0 amide bonds. The molecule has 0 aromatic rings. The number of nitrogens with zero attached hydrogens (tertiary/aromatic N) is 1. The van der Waals surface area contributed by atoms with E-state index in [1.165, 1.54) is 45.1 Å². The highest BCUT2D eigenvalue weighted by Crippen LogP contribution is 2.30. The molecule has 0 N–H and O–H groups in total. The molecule has 0 aromatic heterocycles. The fraction of sp³-hybridized carbons (Fsp3) is 1.00. The highest BCUT2D eigenvalue weighted by Gasteiger charge is 2.15. The molecule has 0 saturated heterocycles. The van der Waals surface area contributed by atoms with Gasteiger partial charge in [0.25, 0.3) is 0 Å². The molecule has 0 heterocycles. The summed E-state index contributed by atoms with van der Waals surface area (Å²) in [6.45, 7) is 5.27. The Hall–Kier alpha value is -0.0400. The maximum atomic E-state index is 2.28. The van der Waals surface area contributed by atoms with Gasteiger partial charge in [-0.15, -0.1) is 0 Å². The van der Waals surface area contributed by atoms with Crippen LogP contribution < -0.4 is 0 Å². The zero-order chi connectivity index (χ0) is 10.1. The van der Waals surface area contributed by atoms with E-state index in [9.17, 15) is 0 Å². The van der Waals surface area contributed by atoms with Gasteiger partial charge in [0.1, 0.15) is 0 Å². The predicted octanol–water partition coefficient (Wildman–Crippen LogP) is 3.54. The second kappa shape index (κ2) is 8.55. The molecule has 1 rings (SSSR count). The van der Waals surface area contributed by atoms with Gasteiger partial charge in [-0.25, -0.2) is 0 Å². The number of hydrogen-bond donors (Lipinski definition) is 0. The predicted molar refractivity (Wildman–Crippen MR) is 61.1 cm³/mol. The van der Waals surface area contributed by atoms with Crippen LogP contribution in [0.2, 0.25) is 0 Å². The first-order valence-corrected chi connectivity index (χ1v) is 5.94. The van der Waals surface area contributed by atoms with E-state index >= 15 is 0 Å². The third-order valence-electron chi connectivity index (χ3n) is 2.69. The highest BCUT2D eigenvalue weighted by molar-refractivity contribution is 4.69. The topological polar surface area (TPSA) is 3.24 Å². The van der Waals surface area contributed by atoms with Crippen LogP contribution in [0, 0.1) is 5.92 Å². The van der Waals surface area contributed by atoms with Gasteiger partial charge in [0.15, 0.2) is 0 Å². The minimum atomic E-state index is 1.11. The van der Waals surface area contributed by atoms with Gasteiger partial charge in [0.2, 0.25) is 0 Å². The molecular formula is C12H27N. The van der Waals surface area contributed by atoms with E-state index in [1.54, 1.807) is 0 Å². The van der Waals surface area contributed by atoms with Crippen molar-refractivity contribution >= 4 is 0 Å². The van der Waals surface area contributed by atoms with Crippen molar-refractivity contribution in [3.05, 3.63) is 0 Å². The number of hydrogen-bond acceptors (Lipinski definition) is 1. The van der Waals surface area contributed by atoms with Crippen LogP contribution in [0.5, 0.6) is 0 Å². The van der Waals surface area contributed by atoms with Crippen LogP contribution >= 0.6 is 0 Å². The summed E-state index contributed by atoms with van der Waals surface area (Å²) >= 11 is 0. The quantitative estimate of drug-likeness (QED) is 0.592. The molecule has 1 fully saturated rings. The Bertz CT molecular complexity index is 95.3. The van der Waals surface area contributed by atoms with Crippen molar-refractivity contribution in [3.8, 4) is 0 Å². The maximum Gasteiger partial charge on any atom is -0.00248 e. The Labute approximate surface area is 84.5 Å². The summed E-state index contributed by atoms with van der Waals surface area (Å²) in [7, 11) is 4.31. The lowest BCUT2D eigenvalue weighted by molar-refractivity contribution is 0.280. The number of unbranched alkanes of at least 4 members (excludes halogenated alkanes) is 1. The summed E-state index contributed by atoms with van der Waals surface area (Å²) in [5.41, 5.74) is 0. The molecule has 13 heavy (non-hydrogen) atoms. The average molecular weight is 185 g/mol. The molecule has 1 aliphatic carbocycles. The van der Waals surface area contributed by atoms with Gasteiger partial charge in [0, 0.05) is 0 Å². The molecule has 1 nitrogen and oxygen atoms in total. The van der Waals surface area contributed by atoms with E-state index in [0.29, 0.717) is 0 Å². The largest absolute Gasteiger partial charge is 0.309 e. The molecule has 1 heteroatoms. The van der Waals surface area contributed by atoms with Crippen LogP contribution in [-0.4, -0.2) is 25.5 Å². The standard InChI is InChI=1S/C10H21N.C2H6/c1-11(2)9-4-3-6-10-7-5-8-10;1-2/h10H,3-9H2,1-2H3;1-2H3. The SMILES string of the molecule is CC.CN(C)CCCCC1CCC1. The second-order valence-corrected chi connectivity index (χ2v) is 4.10. The Morgan fingerprint density at radius 1 is 1.08 bits per heavy atom. The Kier molecular flexibility index (Phi) is 8.53. The third kappa shape index (κ3) is 7.06. The van der Waals surface area contributed by atoms with Gasteiger partial charge >= 0.3 is 0 Å². The van der Waals surface area contributed by atoms with Gasteiger partial charge in [-0.2, -0.15) is 0 Å². The van der Waals surface area contributed by atoms with Gasteiger partial charge in [-0.1, -0.05) is 46.0 Å². The molecule has 0 atom stereocenters. The van der Waals surface area contributed by atoms with E-state index in [1.807, 2.05) is 13.8 Å². The van der Waals surface area contributed by atoms with Crippen LogP contribution in [-0.2, 0) is 0 Å². The normalized spacial score (nSPS) is 16.4. The second-order valence-electron chi connectivity index (χ2n) is 4.10. The summed E-state index contributed by atoms with van der Waals surface area (Å²) in [6.07, 6.45) is 8.86. The molecule has 1 aliphatic rings. The fourth-order valence-corrected chi connectivity index (χ4v) is 1.64. The minimum Gasteiger partial charge on any atom is -0.309 e. The van der Waals surface area contributed by atoms with E-state index in [4.69, 9.17) is 0 Å². The lowest BCUT2D eigenvalue weighted by Crippen LogP contribution is -2.14. The van der Waals surface area contributed by atoms with Crippen LogP contribution in [0.4, 0.5) is 0 Å². The lowest BCUT2D eigenvalue weighted by atomic mass is 9.82. The molecule has 0 radical (unpaired) electrons. The molecule has 0 bridgehead atoms. The van der Waals surface area contributed by atoms with Crippen molar-refractivity contribution < 1.29 is 0 Å². The molecular weight excluding hydrogens is 158 g/mol. The monoisotopic (exact) mass is 185 g/mol. The van der Waals surface area contributed by atoms with Crippen LogP contribution in [0.25, 0.3) is 0 Å². The summed E-state index contributed by atoms with van der Waals surface area (Å²) < 4.78 is 0. The van der Waals surface area contributed by atoms with Crippen LogP contribution in [0.1, 0.15) is 52.4 Å². The fourth-order valence-electron chi connectivity index (χ4n) is 1.64. The van der Waals surface area contributed by atoms with Gasteiger partial charge in [-0.05, 0) is 33.0 Å². The first-order chi connectivity index (χ1) is 6.29. The molecule has 0 aromatic carbocycles. The van der Waals surface area contributed by atoms with Crippen molar-refractivity contribution in [2.75, 3.05) is 20.6 Å². The van der Waals surface area contributed by atoms with E-state index in [2.05, 4.69) is 19.0 Å². The maximum absolute atomic E-state index is 2.28. The van der Waals surface area contributed by atoms with E-state index in [0.717, 1.165) is 5.92 Å². The molecule has 0 aliphatic heterocycles. The summed E-state index contributed by atoms with van der Waals surface area (Å²) in [6, 6.07) is 0. The Morgan fingerprint density at radius 2 is 1.69 bits per heavy atom. The molecule has 1 saturated carbocycles. The summed E-state index contributed by atoms with van der Waals surface area (Å²) in [4.78, 5) is 2.28. The lowest BCUT2D eigenvalue weighted by Gasteiger charge is -2.25. The Morgan fingerprint density at radius 3 is 2.08 bits per heavy atom. The summed E-state index contributed by atoms with van der Waals surface area (Å²) in [5, 5.41) is 0. The van der Waals surface area contributed by atoms with Gasteiger partial charge < -0.3 is 4.90 Å². The van der Waals surface area contributed by atoms with Crippen molar-refractivity contribution in [2.24, 2.45) is 5.92 Å². The van der Waals surface area contributed by atoms with Crippen molar-refractivity contribution in [1.29, 1.82) is 0 Å². The smallest absolute Gasteiger partial charge is 0.00248 e. The van der Waals surface area contributed by atoms with Gasteiger partial charge in [0.05, 0.1) is 0 Å². The first-order valence-electron chi connectivity index (χ1n) is 5.94. The first kappa shape index (κ1) is 13.0. The Balaban J connectivity index is 0.000000671. The average Bonchev–Trinajstić information content (AvgIpc) is 2.04. The van der Waals surface area contributed by atoms with Crippen molar-refractivity contribution in [3.63, 3.8) is 0 Å². The van der Waals surface area contributed by atoms with E-state index in [-0.39, 0.29) is 0 Å². The zero-order valence-corrected chi connectivity index (χ0v) is 9.97. The molecule has 80 valence electrons. The minimum absolute atomic E-state index is 1.11. The zero-order valence-electron chi connectivity index (χ0n) is 9.97.